The molecule has 3 rings (SSSR count). The standard InChI is InChI=1S/C15H12FN3OS3/c16-11-4-1-3-10(7-11)8-13(20)17-14-18-19-15(23-14)22-9-12-5-2-6-21-12/h1-7H,8-9H2,(H,17,18,20). The minimum atomic E-state index is -0.349. The number of amides is 1. The van der Waals surface area contributed by atoms with Crippen LogP contribution in [0.3, 0.4) is 0 Å². The highest BCUT2D eigenvalue weighted by Crippen LogP contribution is 2.29. The van der Waals surface area contributed by atoms with Crippen LogP contribution in [0.5, 0.6) is 0 Å². The average Bonchev–Trinajstić information content (AvgIpc) is 3.16. The number of hydrogen-bond donors (Lipinski definition) is 1. The Morgan fingerprint density at radius 1 is 1.26 bits per heavy atom. The fourth-order valence-electron chi connectivity index (χ4n) is 1.84. The van der Waals surface area contributed by atoms with E-state index < -0.39 is 0 Å². The van der Waals surface area contributed by atoms with Crippen molar-refractivity contribution in [3.05, 3.63) is 58.0 Å². The van der Waals surface area contributed by atoms with Gasteiger partial charge in [-0.2, -0.15) is 0 Å². The largest absolute Gasteiger partial charge is 0.300 e. The first kappa shape index (κ1) is 16.1. The van der Waals surface area contributed by atoms with Crippen LogP contribution in [0.1, 0.15) is 10.4 Å². The van der Waals surface area contributed by atoms with E-state index in [1.54, 1.807) is 35.2 Å². The Balaban J connectivity index is 1.52. The molecule has 0 radical (unpaired) electrons. The van der Waals surface area contributed by atoms with Gasteiger partial charge >= 0.3 is 0 Å². The van der Waals surface area contributed by atoms with E-state index in [1.807, 2.05) is 11.4 Å². The van der Waals surface area contributed by atoms with Gasteiger partial charge in [-0.25, -0.2) is 4.39 Å². The summed E-state index contributed by atoms with van der Waals surface area (Å²) >= 11 is 4.62. The smallest absolute Gasteiger partial charge is 0.230 e. The van der Waals surface area contributed by atoms with Gasteiger partial charge in [-0.3, -0.25) is 4.79 Å². The number of thioether (sulfide) groups is 1. The van der Waals surface area contributed by atoms with E-state index >= 15 is 0 Å². The maximum absolute atomic E-state index is 13.1. The quantitative estimate of drug-likeness (QED) is 0.525. The SMILES string of the molecule is O=C(Cc1cccc(F)c1)Nc1nnc(SCc2cccs2)s1. The maximum atomic E-state index is 13.1. The number of carbonyl (C=O) groups excluding carboxylic acids is 1. The zero-order valence-corrected chi connectivity index (χ0v) is 14.3. The van der Waals surface area contributed by atoms with Crippen molar-refractivity contribution in [3.63, 3.8) is 0 Å². The Kier molecular flexibility index (Phi) is 5.37. The van der Waals surface area contributed by atoms with Gasteiger partial charge in [0.15, 0.2) is 4.34 Å². The van der Waals surface area contributed by atoms with Crippen molar-refractivity contribution in [1.82, 2.24) is 10.2 Å². The van der Waals surface area contributed by atoms with Crippen LogP contribution in [0, 0.1) is 5.82 Å². The van der Waals surface area contributed by atoms with Crippen LogP contribution in [0.4, 0.5) is 9.52 Å². The van der Waals surface area contributed by atoms with Crippen LogP contribution in [0.25, 0.3) is 0 Å². The van der Waals surface area contributed by atoms with Gasteiger partial charge in [0, 0.05) is 10.6 Å². The van der Waals surface area contributed by atoms with Gasteiger partial charge in [-0.1, -0.05) is 41.3 Å². The van der Waals surface area contributed by atoms with Gasteiger partial charge in [-0.15, -0.1) is 21.5 Å². The zero-order chi connectivity index (χ0) is 16.1. The number of thiophene rings is 1. The van der Waals surface area contributed by atoms with Crippen LogP contribution < -0.4 is 5.32 Å². The van der Waals surface area contributed by atoms with E-state index in [1.165, 1.54) is 28.3 Å². The summed E-state index contributed by atoms with van der Waals surface area (Å²) < 4.78 is 13.9. The van der Waals surface area contributed by atoms with E-state index in [4.69, 9.17) is 0 Å². The first-order valence-electron chi connectivity index (χ1n) is 6.72. The molecule has 0 bridgehead atoms. The minimum absolute atomic E-state index is 0.106. The summed E-state index contributed by atoms with van der Waals surface area (Å²) in [5.74, 6) is 0.254. The number of halogens is 1. The molecule has 8 heteroatoms. The Morgan fingerprint density at radius 2 is 2.17 bits per heavy atom. The molecule has 0 saturated heterocycles. The lowest BCUT2D eigenvalue weighted by molar-refractivity contribution is -0.115. The molecule has 0 unspecified atom stereocenters. The van der Waals surface area contributed by atoms with Crippen molar-refractivity contribution in [2.24, 2.45) is 0 Å². The van der Waals surface area contributed by atoms with Gasteiger partial charge in [0.05, 0.1) is 6.42 Å². The van der Waals surface area contributed by atoms with Gasteiger partial charge in [0.2, 0.25) is 11.0 Å². The summed E-state index contributed by atoms with van der Waals surface area (Å²) in [6, 6.07) is 10.1. The van der Waals surface area contributed by atoms with Crippen LogP contribution >= 0.6 is 34.4 Å². The summed E-state index contributed by atoms with van der Waals surface area (Å²) in [7, 11) is 0. The molecule has 0 atom stereocenters. The second-order valence-corrected chi connectivity index (χ2v) is 7.83. The molecule has 1 N–H and O–H groups in total. The van der Waals surface area contributed by atoms with Crippen LogP contribution in [0.2, 0.25) is 0 Å². The second kappa shape index (κ2) is 7.67. The molecule has 0 aliphatic rings. The Labute approximate surface area is 144 Å². The molecule has 4 nitrogen and oxygen atoms in total. The lowest BCUT2D eigenvalue weighted by atomic mass is 10.1. The van der Waals surface area contributed by atoms with E-state index in [0.29, 0.717) is 10.7 Å². The van der Waals surface area contributed by atoms with Gasteiger partial charge in [-0.05, 0) is 29.1 Å². The fourth-order valence-corrected chi connectivity index (χ4v) is 4.38. The van der Waals surface area contributed by atoms with Crippen molar-refractivity contribution in [3.8, 4) is 0 Å². The molecule has 0 aliphatic heterocycles. The molecule has 1 amide bonds. The monoisotopic (exact) mass is 365 g/mol. The number of nitrogens with one attached hydrogen (secondary N) is 1. The van der Waals surface area contributed by atoms with E-state index in [0.717, 1.165) is 10.1 Å². The van der Waals surface area contributed by atoms with Crippen LogP contribution in [-0.2, 0) is 17.0 Å². The molecule has 2 heterocycles. The highest BCUT2D eigenvalue weighted by molar-refractivity contribution is 8.00. The van der Waals surface area contributed by atoms with E-state index in [9.17, 15) is 9.18 Å². The van der Waals surface area contributed by atoms with Gasteiger partial charge < -0.3 is 5.32 Å². The molecule has 1 aromatic carbocycles. The third-order valence-corrected chi connectivity index (χ3v) is 5.90. The zero-order valence-electron chi connectivity index (χ0n) is 11.9. The number of benzene rings is 1. The Hall–Kier alpha value is -1.77. The fraction of sp³-hybridized carbons (Fsp3) is 0.133. The number of nitrogens with zero attached hydrogens (tertiary/aromatic N) is 2. The van der Waals surface area contributed by atoms with E-state index in [-0.39, 0.29) is 18.1 Å². The topological polar surface area (TPSA) is 54.9 Å². The highest BCUT2D eigenvalue weighted by atomic mass is 32.2. The molecular formula is C15H12FN3OS3. The first-order valence-corrected chi connectivity index (χ1v) is 9.40. The molecule has 0 spiro atoms. The van der Waals surface area contributed by atoms with Crippen molar-refractivity contribution >= 4 is 45.5 Å². The van der Waals surface area contributed by atoms with Gasteiger partial charge in [0.25, 0.3) is 0 Å². The molecule has 23 heavy (non-hydrogen) atoms. The lowest BCUT2D eigenvalue weighted by Crippen LogP contribution is -2.14. The summed E-state index contributed by atoms with van der Waals surface area (Å²) in [5, 5.41) is 13.2. The van der Waals surface area contributed by atoms with Crippen LogP contribution in [-0.4, -0.2) is 16.1 Å². The van der Waals surface area contributed by atoms with Crippen molar-refractivity contribution in [1.29, 1.82) is 0 Å². The third-order valence-electron chi connectivity index (χ3n) is 2.82. The Bertz CT molecular complexity index is 789. The predicted octanol–water partition coefficient (Wildman–Crippen LogP) is 4.21. The second-order valence-electron chi connectivity index (χ2n) is 4.60. The molecule has 0 saturated carbocycles. The average molecular weight is 365 g/mol. The van der Waals surface area contributed by atoms with Crippen molar-refractivity contribution in [2.75, 3.05) is 5.32 Å². The first-order chi connectivity index (χ1) is 11.2. The molecular weight excluding hydrogens is 353 g/mol. The predicted molar refractivity (Wildman–Crippen MR) is 92.5 cm³/mol. The molecule has 0 aliphatic carbocycles. The van der Waals surface area contributed by atoms with E-state index in [2.05, 4.69) is 21.6 Å². The molecule has 118 valence electrons. The van der Waals surface area contributed by atoms with Gasteiger partial charge in [0.1, 0.15) is 5.82 Å². The summed E-state index contributed by atoms with van der Waals surface area (Å²) in [6.07, 6.45) is 0.106. The summed E-state index contributed by atoms with van der Waals surface area (Å²) in [4.78, 5) is 13.2. The lowest BCUT2D eigenvalue weighted by Gasteiger charge is -2.01. The molecule has 3 aromatic rings. The van der Waals surface area contributed by atoms with Crippen molar-refractivity contribution in [2.45, 2.75) is 16.5 Å². The highest BCUT2D eigenvalue weighted by Gasteiger charge is 2.10. The summed E-state index contributed by atoms with van der Waals surface area (Å²) in [6.45, 7) is 0. The third kappa shape index (κ3) is 4.85. The van der Waals surface area contributed by atoms with Crippen LogP contribution in [0.15, 0.2) is 46.1 Å². The number of hydrogen-bond acceptors (Lipinski definition) is 6. The molecule has 2 aromatic heterocycles. The number of anilines is 1. The number of aromatic nitrogens is 2. The maximum Gasteiger partial charge on any atom is 0.230 e. The number of rotatable bonds is 6. The Morgan fingerprint density at radius 3 is 2.96 bits per heavy atom. The minimum Gasteiger partial charge on any atom is -0.300 e. The molecule has 0 fully saturated rings. The normalized spacial score (nSPS) is 10.7. The van der Waals surface area contributed by atoms with Crippen molar-refractivity contribution < 1.29 is 9.18 Å². The number of carbonyl (C=O) groups is 1. The summed E-state index contributed by atoms with van der Waals surface area (Å²) in [5.41, 5.74) is 0.624.